The summed E-state index contributed by atoms with van der Waals surface area (Å²) < 4.78 is 0. The van der Waals surface area contributed by atoms with E-state index in [4.69, 9.17) is 19.2 Å². The average Bonchev–Trinajstić information content (AvgIpc) is 0.722. The van der Waals surface area contributed by atoms with Crippen LogP contribution in [-0.4, -0.2) is 174 Å². The molecule has 0 aliphatic rings. The van der Waals surface area contributed by atoms with E-state index in [1.807, 2.05) is 0 Å². The summed E-state index contributed by atoms with van der Waals surface area (Å²) in [7, 11) is -4.61. The molecule has 11 heteroatoms. The van der Waals surface area contributed by atoms with Crippen molar-refractivity contribution in [2.75, 3.05) is 0 Å². The predicted molar refractivity (Wildman–Crippen MR) is 52.4 cm³/mol. The van der Waals surface area contributed by atoms with E-state index in [0.717, 1.165) is 0 Å². The molecule has 0 aliphatic heterocycles. The summed E-state index contributed by atoms with van der Waals surface area (Å²) in [5.74, 6) is 0. The zero-order valence-corrected chi connectivity index (χ0v) is 5.25. The van der Waals surface area contributed by atoms with Gasteiger partial charge in [0, 0.05) is 17.1 Å². The van der Waals surface area contributed by atoms with Gasteiger partial charge in [-0.1, -0.05) is 0 Å². The van der Waals surface area contributed by atoms with Gasteiger partial charge in [0.1, 0.15) is 0 Å². The molecule has 0 aromatic carbocycles. The second-order valence-corrected chi connectivity index (χ2v) is 1.80. The summed E-state index contributed by atoms with van der Waals surface area (Å²) in [6.45, 7) is 0. The molecule has 0 amide bonds. The van der Waals surface area contributed by atoms with Gasteiger partial charge in [-0.2, -0.15) is 0 Å². The molecule has 0 saturated carbocycles. The minimum Gasteiger partial charge on any atom is 0.316 e. The minimum atomic E-state index is -4.61. The van der Waals surface area contributed by atoms with E-state index in [9.17, 15) is 0 Å². The fourth-order valence-corrected chi connectivity index (χ4v) is 0. The number of hydrogen-bond donors (Lipinski definition) is 4. The molecule has 0 aromatic rings. The Kier molecular flexibility index (Phi) is 98.2. The fraction of sp³-hybridized carbons (Fsp3) is 0. The number of rotatable bonds is 0. The zero-order chi connectivity index (χ0) is 4.50. The van der Waals surface area contributed by atoms with Crippen LogP contribution in [0.3, 0.4) is 0 Å². The molecule has 0 unspecified atom stereocenters. The van der Waals surface area contributed by atoms with Gasteiger partial charge in [-0.15, -0.1) is 0 Å². The van der Waals surface area contributed by atoms with Crippen molar-refractivity contribution in [3.8, 4) is 0 Å². The van der Waals surface area contributed by atoms with Crippen molar-refractivity contribution in [3.05, 3.63) is 0 Å². The van der Waals surface area contributed by atoms with Crippen LogP contribution in [0.25, 0.3) is 0 Å². The molecule has 5 nitrogen and oxygen atoms in total. The predicted octanol–water partition coefficient (Wildman–Crippen LogP) is -7.10. The van der Waals surface area contributed by atoms with Crippen LogP contribution in [-0.2, 0) is 17.1 Å². The Morgan fingerprint density at radius 2 is 0.909 bits per heavy atom. The van der Waals surface area contributed by atoms with Crippen LogP contribution in [0, 0.1) is 0 Å². The molecule has 0 aliphatic carbocycles. The molecular formula is H14AlBaFeKMgO5Si. The molecule has 0 spiro atoms. The first-order valence-corrected chi connectivity index (χ1v) is 2.68. The number of hydrogen-bond acceptors (Lipinski definition) is 4. The van der Waals surface area contributed by atoms with Crippen molar-refractivity contribution in [1.29, 1.82) is 0 Å². The van der Waals surface area contributed by atoms with E-state index < -0.39 is 9.05 Å². The van der Waals surface area contributed by atoms with Crippen LogP contribution in [0.5, 0.6) is 0 Å². The maximum atomic E-state index is 7.33. The Balaban J connectivity index is -0.00000000533. The smallest absolute Gasteiger partial charge is 0.316 e. The second kappa shape index (κ2) is 24.3. The normalized spacial score (nSPS) is 5.45. The summed E-state index contributed by atoms with van der Waals surface area (Å²) in [5, 5.41) is 0. The summed E-state index contributed by atoms with van der Waals surface area (Å²) in [4.78, 5) is 29.3. The molecule has 0 atom stereocenters. The SMILES string of the molecule is O.O[Si](O)(O)O.[AlH3].[BaH2].[Fe].[KH].[MgH2]. The van der Waals surface area contributed by atoms with Crippen LogP contribution >= 0.6 is 0 Å². The first-order chi connectivity index (χ1) is 2.00. The molecule has 0 rings (SSSR count). The van der Waals surface area contributed by atoms with E-state index in [2.05, 4.69) is 0 Å². The van der Waals surface area contributed by atoms with Crippen molar-refractivity contribution in [2.24, 2.45) is 0 Å². The molecule has 11 heavy (non-hydrogen) atoms. The Bertz CT molecular complexity index is 42.0. The van der Waals surface area contributed by atoms with E-state index in [1.54, 1.807) is 0 Å². The molecule has 0 fully saturated rings. The third-order valence-corrected chi connectivity index (χ3v) is 0. The molecule has 0 saturated heterocycles. The van der Waals surface area contributed by atoms with Crippen LogP contribution in [0.4, 0.5) is 0 Å². The van der Waals surface area contributed by atoms with Crippen molar-refractivity contribution in [1.82, 2.24) is 0 Å². The van der Waals surface area contributed by atoms with Crippen molar-refractivity contribution in [2.45, 2.75) is 0 Å². The molecule has 0 bridgehead atoms. The zero-order valence-electron chi connectivity index (χ0n) is 3.14. The van der Waals surface area contributed by atoms with Crippen molar-refractivity contribution >= 4 is 150 Å². The van der Waals surface area contributed by atoms with Crippen LogP contribution in [0.1, 0.15) is 0 Å². The fourth-order valence-electron chi connectivity index (χ4n) is 0. The quantitative estimate of drug-likeness (QED) is 0.300. The standard InChI is InChI=1S/Al.Ba.Fe.K.Mg.H4O4Si.H2O.8H/c;;;;;1-5(2,3)4;;;;;;;;;/h;;;;;1-4H;1H2;;;;;;;;. The van der Waals surface area contributed by atoms with Gasteiger partial charge >= 0.3 is 132 Å². The first-order valence-electron chi connectivity index (χ1n) is 0.894. The average molecular weight is 406 g/mol. The van der Waals surface area contributed by atoms with E-state index >= 15 is 0 Å². The van der Waals surface area contributed by atoms with Gasteiger partial charge in [-0.05, 0) is 0 Å². The van der Waals surface area contributed by atoms with Gasteiger partial charge in [0.05, 0.1) is 0 Å². The molecule has 64 valence electrons. The van der Waals surface area contributed by atoms with E-state index in [0.29, 0.717) is 0 Å². The molecule has 6 N–H and O–H groups in total. The van der Waals surface area contributed by atoms with Crippen LogP contribution in [0.15, 0.2) is 0 Å². The summed E-state index contributed by atoms with van der Waals surface area (Å²) >= 11 is 0. The van der Waals surface area contributed by atoms with E-state index in [-0.39, 0.29) is 163 Å². The third-order valence-electron chi connectivity index (χ3n) is 0. The molecule has 0 radical (unpaired) electrons. The van der Waals surface area contributed by atoms with Gasteiger partial charge in [-0.3, -0.25) is 0 Å². The minimum absolute atomic E-state index is 0. The molecular weight excluding hydrogens is 392 g/mol. The molecule has 0 heterocycles. The van der Waals surface area contributed by atoms with E-state index in [1.165, 1.54) is 0 Å². The Morgan fingerprint density at radius 3 is 0.909 bits per heavy atom. The largest absolute Gasteiger partial charge is 0.316 e. The Morgan fingerprint density at radius 1 is 0.909 bits per heavy atom. The van der Waals surface area contributed by atoms with Gasteiger partial charge < -0.3 is 24.7 Å². The topological polar surface area (TPSA) is 112 Å². The Labute approximate surface area is 186 Å². The van der Waals surface area contributed by atoms with Crippen LogP contribution in [0.2, 0.25) is 0 Å². The van der Waals surface area contributed by atoms with Crippen LogP contribution < -0.4 is 0 Å². The monoisotopic (exact) mass is 406 g/mol. The summed E-state index contributed by atoms with van der Waals surface area (Å²) in [6.07, 6.45) is 0. The van der Waals surface area contributed by atoms with Gasteiger partial charge in [0.15, 0.2) is 17.4 Å². The molecule has 0 aromatic heterocycles. The van der Waals surface area contributed by atoms with Gasteiger partial charge in [0.25, 0.3) is 0 Å². The van der Waals surface area contributed by atoms with Crippen molar-refractivity contribution < 1.29 is 41.7 Å². The summed E-state index contributed by atoms with van der Waals surface area (Å²) in [6, 6.07) is 0. The van der Waals surface area contributed by atoms with Crippen molar-refractivity contribution in [3.63, 3.8) is 0 Å². The maximum Gasteiger partial charge on any atom is 0.316 e. The second-order valence-electron chi connectivity index (χ2n) is 0.600. The summed E-state index contributed by atoms with van der Waals surface area (Å²) in [5.41, 5.74) is 0. The van der Waals surface area contributed by atoms with Gasteiger partial charge in [0.2, 0.25) is 0 Å². The third kappa shape index (κ3) is 101. The Hall–Kier alpha value is 5.04. The maximum absolute atomic E-state index is 7.33. The van der Waals surface area contributed by atoms with Gasteiger partial charge in [-0.25, -0.2) is 0 Å². The first kappa shape index (κ1) is 44.4.